The molecule has 0 spiro atoms. The Labute approximate surface area is 168 Å². The summed E-state index contributed by atoms with van der Waals surface area (Å²) in [5, 5.41) is 2.62. The number of ether oxygens (including phenoxy) is 2. The average Bonchev–Trinajstić information content (AvgIpc) is 3.19. The Hall–Kier alpha value is -1.66. The summed E-state index contributed by atoms with van der Waals surface area (Å²) < 4.78 is 11.9. The number of carbonyl (C=O) groups excluding carboxylic acids is 1. The Kier molecular flexibility index (Phi) is 5.37. The Morgan fingerprint density at radius 3 is 3.00 bits per heavy atom. The van der Waals surface area contributed by atoms with E-state index in [-0.39, 0.29) is 18.1 Å². The topological polar surface area (TPSA) is 38.8 Å². The molecule has 1 aromatic heterocycles. The van der Waals surface area contributed by atoms with Gasteiger partial charge in [0.1, 0.15) is 5.60 Å². The second-order valence-electron chi connectivity index (χ2n) is 7.62. The Morgan fingerprint density at radius 1 is 1.30 bits per heavy atom. The summed E-state index contributed by atoms with van der Waals surface area (Å²) in [6.07, 6.45) is 1.86. The third kappa shape index (κ3) is 4.27. The van der Waals surface area contributed by atoms with Crippen LogP contribution >= 0.6 is 23.1 Å². The van der Waals surface area contributed by atoms with Crippen molar-refractivity contribution < 1.29 is 14.3 Å². The molecule has 0 unspecified atom stereocenters. The molecule has 1 saturated heterocycles. The van der Waals surface area contributed by atoms with Crippen LogP contribution in [-0.2, 0) is 11.2 Å². The predicted molar refractivity (Wildman–Crippen MR) is 111 cm³/mol. The number of nitrogens with zero attached hydrogens (tertiary/aromatic N) is 1. The molecule has 0 saturated carbocycles. The lowest BCUT2D eigenvalue weighted by Crippen LogP contribution is -2.36. The van der Waals surface area contributed by atoms with Crippen molar-refractivity contribution in [3.05, 3.63) is 46.2 Å². The number of para-hydroxylation sites is 1. The van der Waals surface area contributed by atoms with Crippen molar-refractivity contribution in [1.82, 2.24) is 4.90 Å². The third-order valence-electron chi connectivity index (χ3n) is 4.96. The van der Waals surface area contributed by atoms with Crippen molar-refractivity contribution in [2.24, 2.45) is 0 Å². The molecular weight excluding hydrogens is 378 g/mol. The van der Waals surface area contributed by atoms with Gasteiger partial charge in [-0.2, -0.15) is 11.8 Å². The first-order valence-electron chi connectivity index (χ1n) is 9.38. The van der Waals surface area contributed by atoms with Crippen LogP contribution in [-0.4, -0.2) is 41.9 Å². The third-order valence-corrected chi connectivity index (χ3v) is 7.41. The van der Waals surface area contributed by atoms with E-state index in [0.29, 0.717) is 11.0 Å². The van der Waals surface area contributed by atoms with E-state index in [4.69, 9.17) is 9.47 Å². The van der Waals surface area contributed by atoms with Gasteiger partial charge in [-0.25, -0.2) is 0 Å². The summed E-state index contributed by atoms with van der Waals surface area (Å²) >= 11 is 3.75. The highest BCUT2D eigenvalue weighted by atomic mass is 32.2. The maximum absolute atomic E-state index is 12.7. The molecule has 4 nitrogen and oxygen atoms in total. The standard InChI is InChI=1S/C21H25NO3S2/c1-21(2)13-15-5-3-6-16(20(15)25-21)24-14-19(23)22-9-8-18(27-12-10-22)17-7-4-11-26-17/h3-7,11,18H,8-10,12-14H2,1-2H3/t18-/m1/s1. The van der Waals surface area contributed by atoms with Gasteiger partial charge in [0.2, 0.25) is 0 Å². The maximum atomic E-state index is 12.7. The fraction of sp³-hybridized carbons (Fsp3) is 0.476. The fourth-order valence-electron chi connectivity index (χ4n) is 3.65. The number of thiophene rings is 1. The van der Waals surface area contributed by atoms with Crippen LogP contribution < -0.4 is 9.47 Å². The monoisotopic (exact) mass is 403 g/mol. The van der Waals surface area contributed by atoms with Crippen molar-refractivity contribution in [3.8, 4) is 11.5 Å². The lowest BCUT2D eigenvalue weighted by molar-refractivity contribution is -0.133. The molecule has 0 N–H and O–H groups in total. The lowest BCUT2D eigenvalue weighted by Gasteiger charge is -2.21. The minimum Gasteiger partial charge on any atom is -0.483 e. The molecule has 0 aliphatic carbocycles. The van der Waals surface area contributed by atoms with E-state index in [0.717, 1.165) is 43.0 Å². The van der Waals surface area contributed by atoms with Crippen LogP contribution in [0.4, 0.5) is 0 Å². The van der Waals surface area contributed by atoms with Gasteiger partial charge in [0.05, 0.1) is 0 Å². The number of rotatable bonds is 4. The number of hydrogen-bond donors (Lipinski definition) is 0. The fourth-order valence-corrected chi connectivity index (χ4v) is 5.89. The summed E-state index contributed by atoms with van der Waals surface area (Å²) in [5.74, 6) is 2.48. The quantitative estimate of drug-likeness (QED) is 0.751. The first-order chi connectivity index (χ1) is 13.0. The molecule has 27 heavy (non-hydrogen) atoms. The number of benzene rings is 1. The second-order valence-corrected chi connectivity index (χ2v) is 9.91. The molecule has 2 aliphatic rings. The van der Waals surface area contributed by atoms with E-state index in [2.05, 4.69) is 37.4 Å². The first-order valence-corrected chi connectivity index (χ1v) is 11.3. The minimum absolute atomic E-state index is 0.0530. The van der Waals surface area contributed by atoms with Gasteiger partial charge < -0.3 is 14.4 Å². The minimum atomic E-state index is -0.218. The van der Waals surface area contributed by atoms with Crippen molar-refractivity contribution in [3.63, 3.8) is 0 Å². The summed E-state index contributed by atoms with van der Waals surface area (Å²) in [5.41, 5.74) is 0.930. The van der Waals surface area contributed by atoms with E-state index in [1.807, 2.05) is 28.8 Å². The van der Waals surface area contributed by atoms with Gasteiger partial charge in [0.25, 0.3) is 5.91 Å². The first kappa shape index (κ1) is 18.7. The number of fused-ring (bicyclic) bond motifs is 1. The van der Waals surface area contributed by atoms with Crippen molar-refractivity contribution >= 4 is 29.0 Å². The van der Waals surface area contributed by atoms with Gasteiger partial charge in [-0.05, 0) is 37.8 Å². The molecule has 2 aromatic rings. The van der Waals surface area contributed by atoms with Crippen molar-refractivity contribution in [2.75, 3.05) is 25.4 Å². The average molecular weight is 404 g/mol. The van der Waals surface area contributed by atoms with Gasteiger partial charge in [-0.15, -0.1) is 11.3 Å². The number of thioether (sulfide) groups is 1. The summed E-state index contributed by atoms with van der Waals surface area (Å²) in [4.78, 5) is 16.0. The van der Waals surface area contributed by atoms with E-state index in [1.54, 1.807) is 11.3 Å². The number of amides is 1. The molecule has 0 bridgehead atoms. The van der Waals surface area contributed by atoms with Crippen molar-refractivity contribution in [1.29, 1.82) is 0 Å². The van der Waals surface area contributed by atoms with Gasteiger partial charge in [0.15, 0.2) is 18.1 Å². The maximum Gasteiger partial charge on any atom is 0.260 e. The van der Waals surface area contributed by atoms with E-state index in [9.17, 15) is 4.79 Å². The molecule has 6 heteroatoms. The van der Waals surface area contributed by atoms with Crippen LogP contribution in [0, 0.1) is 0 Å². The molecule has 4 rings (SSSR count). The van der Waals surface area contributed by atoms with Crippen molar-refractivity contribution in [2.45, 2.75) is 37.5 Å². The summed E-state index contributed by atoms with van der Waals surface area (Å²) in [6.45, 7) is 5.77. The Morgan fingerprint density at radius 2 is 2.19 bits per heavy atom. The van der Waals surface area contributed by atoms with Crippen LogP contribution in [0.25, 0.3) is 0 Å². The van der Waals surface area contributed by atoms with Crippen LogP contribution in [0.3, 0.4) is 0 Å². The highest BCUT2D eigenvalue weighted by Gasteiger charge is 2.32. The SMILES string of the molecule is CC1(C)Cc2cccc(OCC(=O)N3CCS[C@@H](c4cccs4)CC3)c2O1. The molecule has 1 fully saturated rings. The smallest absolute Gasteiger partial charge is 0.260 e. The molecule has 0 radical (unpaired) electrons. The summed E-state index contributed by atoms with van der Waals surface area (Å²) in [6, 6.07) is 10.2. The molecule has 144 valence electrons. The highest BCUT2D eigenvalue weighted by Crippen LogP contribution is 2.42. The zero-order valence-electron chi connectivity index (χ0n) is 15.8. The molecule has 1 atom stereocenters. The number of hydrogen-bond acceptors (Lipinski definition) is 5. The predicted octanol–water partition coefficient (Wildman–Crippen LogP) is 4.55. The van der Waals surface area contributed by atoms with Gasteiger partial charge in [-0.3, -0.25) is 4.79 Å². The normalized spacial score (nSPS) is 21.3. The molecule has 1 amide bonds. The molecular formula is C21H25NO3S2. The van der Waals surface area contributed by atoms with E-state index < -0.39 is 0 Å². The van der Waals surface area contributed by atoms with Crippen LogP contribution in [0.1, 0.15) is 36.0 Å². The van der Waals surface area contributed by atoms with E-state index >= 15 is 0 Å². The zero-order chi connectivity index (χ0) is 18.9. The van der Waals surface area contributed by atoms with E-state index in [1.165, 1.54) is 4.88 Å². The van der Waals surface area contributed by atoms with Crippen LogP contribution in [0.5, 0.6) is 11.5 Å². The Bertz CT molecular complexity index is 804. The molecule has 2 aliphatic heterocycles. The van der Waals surface area contributed by atoms with Crippen LogP contribution in [0.2, 0.25) is 0 Å². The second kappa shape index (κ2) is 7.76. The molecule has 1 aromatic carbocycles. The number of carbonyl (C=O) groups is 1. The van der Waals surface area contributed by atoms with Crippen LogP contribution in [0.15, 0.2) is 35.7 Å². The molecule has 3 heterocycles. The zero-order valence-corrected chi connectivity index (χ0v) is 17.4. The van der Waals surface area contributed by atoms with Gasteiger partial charge in [-0.1, -0.05) is 18.2 Å². The highest BCUT2D eigenvalue weighted by molar-refractivity contribution is 7.99. The van der Waals surface area contributed by atoms with Gasteiger partial charge in [0, 0.05) is 41.0 Å². The lowest BCUT2D eigenvalue weighted by atomic mass is 10.0. The summed E-state index contributed by atoms with van der Waals surface area (Å²) in [7, 11) is 0. The van der Waals surface area contributed by atoms with Gasteiger partial charge >= 0.3 is 0 Å². The Balaban J connectivity index is 1.35. The largest absolute Gasteiger partial charge is 0.483 e.